The van der Waals surface area contributed by atoms with Gasteiger partial charge in [-0.15, -0.1) is 0 Å². The fourth-order valence-electron chi connectivity index (χ4n) is 1.56. The summed E-state index contributed by atoms with van der Waals surface area (Å²) in [5.74, 6) is 1.79. The third-order valence-corrected chi connectivity index (χ3v) is 3.02. The van der Waals surface area contributed by atoms with Crippen molar-refractivity contribution >= 4 is 0 Å². The van der Waals surface area contributed by atoms with Crippen LogP contribution in [0.15, 0.2) is 0 Å². The summed E-state index contributed by atoms with van der Waals surface area (Å²) in [5, 5.41) is 0. The highest BCUT2D eigenvalue weighted by Gasteiger charge is 2.11. The highest BCUT2D eigenvalue weighted by Crippen LogP contribution is 2.20. The van der Waals surface area contributed by atoms with Crippen molar-refractivity contribution in [1.29, 1.82) is 0 Å². The Morgan fingerprint density at radius 2 is 1.54 bits per heavy atom. The minimum atomic E-state index is 0.883. The standard InChI is InChI=1S/C12H27N/c1-6-7-8-11(2)12(3)9-10-13(4)5/h11-12H,6-10H2,1-5H3. The SMILES string of the molecule is CCCCC(C)C(C)CCN(C)C. The molecule has 0 aliphatic carbocycles. The van der Waals surface area contributed by atoms with Crippen molar-refractivity contribution in [2.75, 3.05) is 20.6 Å². The average molecular weight is 185 g/mol. The van der Waals surface area contributed by atoms with Crippen molar-refractivity contribution < 1.29 is 0 Å². The Labute approximate surface area is 84.5 Å². The van der Waals surface area contributed by atoms with Gasteiger partial charge in [-0.25, -0.2) is 0 Å². The highest BCUT2D eigenvalue weighted by atomic mass is 15.0. The molecule has 80 valence electrons. The van der Waals surface area contributed by atoms with Gasteiger partial charge in [0, 0.05) is 0 Å². The maximum Gasteiger partial charge on any atom is -0.00222 e. The molecule has 2 unspecified atom stereocenters. The van der Waals surface area contributed by atoms with Crippen LogP contribution in [-0.4, -0.2) is 25.5 Å². The Morgan fingerprint density at radius 1 is 1.00 bits per heavy atom. The van der Waals surface area contributed by atoms with Gasteiger partial charge in [0.1, 0.15) is 0 Å². The monoisotopic (exact) mass is 185 g/mol. The lowest BCUT2D eigenvalue weighted by Gasteiger charge is -2.21. The summed E-state index contributed by atoms with van der Waals surface area (Å²) in [4.78, 5) is 2.28. The third-order valence-electron chi connectivity index (χ3n) is 3.02. The van der Waals surface area contributed by atoms with Gasteiger partial charge in [0.2, 0.25) is 0 Å². The molecule has 1 nitrogen and oxygen atoms in total. The number of hydrogen-bond acceptors (Lipinski definition) is 1. The van der Waals surface area contributed by atoms with E-state index in [9.17, 15) is 0 Å². The molecular formula is C12H27N. The summed E-state index contributed by atoms with van der Waals surface area (Å²) in [7, 11) is 4.31. The van der Waals surface area contributed by atoms with Crippen molar-refractivity contribution in [2.24, 2.45) is 11.8 Å². The van der Waals surface area contributed by atoms with Gasteiger partial charge < -0.3 is 4.90 Å². The van der Waals surface area contributed by atoms with E-state index in [1.807, 2.05) is 0 Å². The molecule has 2 atom stereocenters. The van der Waals surface area contributed by atoms with Gasteiger partial charge in [-0.2, -0.15) is 0 Å². The van der Waals surface area contributed by atoms with Crippen LogP contribution in [0.2, 0.25) is 0 Å². The topological polar surface area (TPSA) is 3.24 Å². The normalized spacial score (nSPS) is 16.2. The molecule has 0 aliphatic heterocycles. The van der Waals surface area contributed by atoms with Crippen LogP contribution >= 0.6 is 0 Å². The van der Waals surface area contributed by atoms with Gasteiger partial charge in [-0.05, 0) is 38.9 Å². The maximum absolute atomic E-state index is 2.40. The first kappa shape index (κ1) is 13.0. The largest absolute Gasteiger partial charge is 0.309 e. The van der Waals surface area contributed by atoms with Gasteiger partial charge in [0.15, 0.2) is 0 Å². The minimum Gasteiger partial charge on any atom is -0.309 e. The minimum absolute atomic E-state index is 0.883. The first-order valence-corrected chi connectivity index (χ1v) is 5.72. The summed E-state index contributed by atoms with van der Waals surface area (Å²) in [6, 6.07) is 0. The molecule has 0 bridgehead atoms. The van der Waals surface area contributed by atoms with E-state index in [0.717, 1.165) is 11.8 Å². The van der Waals surface area contributed by atoms with E-state index in [1.54, 1.807) is 0 Å². The Hall–Kier alpha value is -0.0400. The zero-order chi connectivity index (χ0) is 10.3. The maximum atomic E-state index is 2.40. The lowest BCUT2D eigenvalue weighted by Crippen LogP contribution is -2.18. The molecule has 0 rings (SSSR count). The van der Waals surface area contributed by atoms with E-state index in [-0.39, 0.29) is 0 Å². The van der Waals surface area contributed by atoms with Crippen LogP contribution in [0.4, 0.5) is 0 Å². The first-order valence-electron chi connectivity index (χ1n) is 5.72. The van der Waals surface area contributed by atoms with Crippen LogP contribution in [0.5, 0.6) is 0 Å². The molecule has 0 spiro atoms. The smallest absolute Gasteiger partial charge is 0.00222 e. The average Bonchev–Trinajstić information content (AvgIpc) is 2.10. The molecule has 0 aliphatic rings. The lowest BCUT2D eigenvalue weighted by atomic mass is 9.88. The Kier molecular flexibility index (Phi) is 7.35. The molecular weight excluding hydrogens is 158 g/mol. The second kappa shape index (κ2) is 7.37. The number of hydrogen-bond donors (Lipinski definition) is 0. The van der Waals surface area contributed by atoms with Crippen LogP contribution in [-0.2, 0) is 0 Å². The molecule has 0 N–H and O–H groups in total. The third kappa shape index (κ3) is 7.06. The summed E-state index contributed by atoms with van der Waals surface area (Å²) in [5.41, 5.74) is 0. The second-order valence-corrected chi connectivity index (χ2v) is 4.69. The first-order chi connectivity index (χ1) is 6.07. The van der Waals surface area contributed by atoms with Gasteiger partial charge in [-0.1, -0.05) is 40.0 Å². The molecule has 0 saturated heterocycles. The Bertz CT molecular complexity index is 110. The van der Waals surface area contributed by atoms with E-state index in [1.165, 1.54) is 32.2 Å². The van der Waals surface area contributed by atoms with Crippen molar-refractivity contribution in [3.63, 3.8) is 0 Å². The van der Waals surface area contributed by atoms with E-state index in [2.05, 4.69) is 39.8 Å². The lowest BCUT2D eigenvalue weighted by molar-refractivity contribution is 0.289. The van der Waals surface area contributed by atoms with Gasteiger partial charge in [0.05, 0.1) is 0 Å². The fraction of sp³-hybridized carbons (Fsp3) is 1.00. The van der Waals surface area contributed by atoms with Crippen molar-refractivity contribution in [3.05, 3.63) is 0 Å². The summed E-state index contributed by atoms with van der Waals surface area (Å²) < 4.78 is 0. The second-order valence-electron chi connectivity index (χ2n) is 4.69. The molecule has 0 aromatic heterocycles. The Balaban J connectivity index is 3.50. The zero-order valence-electron chi connectivity index (χ0n) is 10.1. The summed E-state index contributed by atoms with van der Waals surface area (Å²) >= 11 is 0. The molecule has 0 saturated carbocycles. The van der Waals surface area contributed by atoms with Crippen LogP contribution in [0.25, 0.3) is 0 Å². The highest BCUT2D eigenvalue weighted by molar-refractivity contribution is 4.63. The molecule has 0 radical (unpaired) electrons. The predicted molar refractivity (Wildman–Crippen MR) is 61.0 cm³/mol. The van der Waals surface area contributed by atoms with E-state index >= 15 is 0 Å². The molecule has 0 heterocycles. The van der Waals surface area contributed by atoms with Gasteiger partial charge in [-0.3, -0.25) is 0 Å². The van der Waals surface area contributed by atoms with Crippen molar-refractivity contribution in [3.8, 4) is 0 Å². The molecule has 13 heavy (non-hydrogen) atoms. The molecule has 0 aromatic carbocycles. The van der Waals surface area contributed by atoms with Crippen molar-refractivity contribution in [2.45, 2.75) is 46.5 Å². The zero-order valence-corrected chi connectivity index (χ0v) is 10.1. The number of rotatable bonds is 7. The van der Waals surface area contributed by atoms with Crippen molar-refractivity contribution in [1.82, 2.24) is 4.90 Å². The quantitative estimate of drug-likeness (QED) is 0.587. The number of unbranched alkanes of at least 4 members (excludes halogenated alkanes) is 1. The Morgan fingerprint density at radius 3 is 2.00 bits per heavy atom. The molecule has 0 aromatic rings. The van der Waals surface area contributed by atoms with E-state index in [0.29, 0.717) is 0 Å². The molecule has 0 amide bonds. The fourth-order valence-corrected chi connectivity index (χ4v) is 1.56. The van der Waals surface area contributed by atoms with Gasteiger partial charge >= 0.3 is 0 Å². The summed E-state index contributed by atoms with van der Waals surface area (Å²) in [6.07, 6.45) is 5.49. The molecule has 0 fully saturated rings. The number of nitrogens with zero attached hydrogens (tertiary/aromatic N) is 1. The molecule has 1 heteroatoms. The summed E-state index contributed by atoms with van der Waals surface area (Å²) in [6.45, 7) is 8.30. The van der Waals surface area contributed by atoms with E-state index < -0.39 is 0 Å². The van der Waals surface area contributed by atoms with Crippen LogP contribution in [0.3, 0.4) is 0 Å². The van der Waals surface area contributed by atoms with E-state index in [4.69, 9.17) is 0 Å². The van der Waals surface area contributed by atoms with Crippen LogP contribution in [0.1, 0.15) is 46.5 Å². The van der Waals surface area contributed by atoms with Crippen LogP contribution in [0, 0.1) is 11.8 Å². The van der Waals surface area contributed by atoms with Gasteiger partial charge in [0.25, 0.3) is 0 Å². The predicted octanol–water partition coefficient (Wildman–Crippen LogP) is 3.40. The van der Waals surface area contributed by atoms with Crippen LogP contribution < -0.4 is 0 Å².